The average molecular weight is 342 g/mol. The number of halogens is 1. The molecule has 6 nitrogen and oxygen atoms in total. The quantitative estimate of drug-likeness (QED) is 0.506. The average Bonchev–Trinajstić information content (AvgIpc) is 3.10. The van der Waals surface area contributed by atoms with E-state index < -0.39 is 6.04 Å². The molecular formula is C18H19FN4O2. The van der Waals surface area contributed by atoms with E-state index >= 15 is 0 Å². The van der Waals surface area contributed by atoms with Crippen LogP contribution in [-0.4, -0.2) is 22.8 Å². The van der Waals surface area contributed by atoms with Crippen LogP contribution in [0.15, 0.2) is 53.6 Å². The van der Waals surface area contributed by atoms with Crippen LogP contribution in [0, 0.1) is 5.82 Å². The van der Waals surface area contributed by atoms with Crippen LogP contribution in [0.3, 0.4) is 0 Å². The smallest absolute Gasteiger partial charge is 0.258 e. The van der Waals surface area contributed by atoms with Gasteiger partial charge in [0.05, 0.1) is 5.71 Å². The molecule has 0 aromatic heterocycles. The predicted octanol–water partition coefficient (Wildman–Crippen LogP) is 1.98. The third-order valence-electron chi connectivity index (χ3n) is 4.09. The lowest BCUT2D eigenvalue weighted by atomic mass is 10.0. The van der Waals surface area contributed by atoms with Crippen LogP contribution in [0.5, 0.6) is 5.75 Å². The SMILES string of the molecule is C/C(=N\NC(=O)C1CC(c2ccc(F)cc2)NN1)c1cccc(O)c1. The second kappa shape index (κ2) is 7.42. The number of phenolic OH excluding ortho intramolecular Hbond substituents is 1. The maximum atomic E-state index is 13.0. The molecule has 3 rings (SSSR count). The van der Waals surface area contributed by atoms with E-state index in [1.165, 1.54) is 12.1 Å². The Morgan fingerprint density at radius 3 is 2.72 bits per heavy atom. The van der Waals surface area contributed by atoms with Crippen molar-refractivity contribution in [2.75, 3.05) is 0 Å². The molecule has 4 N–H and O–H groups in total. The zero-order chi connectivity index (χ0) is 17.8. The number of amides is 1. The van der Waals surface area contributed by atoms with Crippen LogP contribution in [0.1, 0.15) is 30.5 Å². The fourth-order valence-electron chi connectivity index (χ4n) is 2.65. The van der Waals surface area contributed by atoms with Crippen molar-refractivity contribution >= 4 is 11.6 Å². The van der Waals surface area contributed by atoms with E-state index in [-0.39, 0.29) is 23.5 Å². The number of nitrogens with zero attached hydrogens (tertiary/aromatic N) is 1. The van der Waals surface area contributed by atoms with Crippen molar-refractivity contribution in [2.24, 2.45) is 5.10 Å². The lowest BCUT2D eigenvalue weighted by molar-refractivity contribution is -0.122. The maximum absolute atomic E-state index is 13.0. The lowest BCUT2D eigenvalue weighted by Crippen LogP contribution is -2.41. The summed E-state index contributed by atoms with van der Waals surface area (Å²) in [5, 5.41) is 13.6. The van der Waals surface area contributed by atoms with Crippen molar-refractivity contribution in [2.45, 2.75) is 25.4 Å². The van der Waals surface area contributed by atoms with E-state index in [1.807, 2.05) is 0 Å². The van der Waals surface area contributed by atoms with Gasteiger partial charge in [0, 0.05) is 11.6 Å². The fourth-order valence-corrected chi connectivity index (χ4v) is 2.65. The zero-order valence-electron chi connectivity index (χ0n) is 13.7. The Bertz CT molecular complexity index is 792. The number of aromatic hydroxyl groups is 1. The van der Waals surface area contributed by atoms with E-state index in [1.54, 1.807) is 43.3 Å². The standard InChI is InChI=1S/C18H19FN4O2/c1-11(13-3-2-4-15(24)9-13)20-23-18(25)17-10-16(21-22-17)12-5-7-14(19)8-6-12/h2-9,16-17,21-22,24H,10H2,1H3,(H,23,25)/b20-11+. The van der Waals surface area contributed by atoms with Crippen molar-refractivity contribution in [1.29, 1.82) is 0 Å². The number of carbonyl (C=O) groups excluding carboxylic acids is 1. The number of nitrogens with one attached hydrogen (secondary N) is 3. The van der Waals surface area contributed by atoms with Gasteiger partial charge in [-0.05, 0) is 43.2 Å². The van der Waals surface area contributed by atoms with E-state index in [9.17, 15) is 14.3 Å². The third-order valence-corrected chi connectivity index (χ3v) is 4.09. The van der Waals surface area contributed by atoms with Crippen molar-refractivity contribution < 1.29 is 14.3 Å². The summed E-state index contributed by atoms with van der Waals surface area (Å²) in [5.41, 5.74) is 10.7. The molecular weight excluding hydrogens is 323 g/mol. The van der Waals surface area contributed by atoms with Crippen LogP contribution in [-0.2, 0) is 4.79 Å². The number of hydrazone groups is 1. The summed E-state index contributed by atoms with van der Waals surface area (Å²) in [6.07, 6.45) is 0.526. The van der Waals surface area contributed by atoms with Gasteiger partial charge in [0.15, 0.2) is 0 Å². The number of carbonyl (C=O) groups is 1. The first-order valence-corrected chi connectivity index (χ1v) is 7.93. The molecule has 0 spiro atoms. The van der Waals surface area contributed by atoms with Gasteiger partial charge in [-0.25, -0.2) is 20.7 Å². The minimum Gasteiger partial charge on any atom is -0.508 e. The summed E-state index contributed by atoms with van der Waals surface area (Å²) in [7, 11) is 0. The summed E-state index contributed by atoms with van der Waals surface area (Å²) >= 11 is 0. The second-order valence-electron chi connectivity index (χ2n) is 5.90. The van der Waals surface area contributed by atoms with Crippen molar-refractivity contribution in [1.82, 2.24) is 16.3 Å². The highest BCUT2D eigenvalue weighted by Crippen LogP contribution is 2.22. The molecule has 1 saturated heterocycles. The number of hydrogen-bond donors (Lipinski definition) is 4. The van der Waals surface area contributed by atoms with Crippen molar-refractivity contribution in [3.8, 4) is 5.75 Å². The Kier molecular flexibility index (Phi) is 5.06. The van der Waals surface area contributed by atoms with Crippen molar-refractivity contribution in [3.05, 3.63) is 65.5 Å². The number of rotatable bonds is 4. The summed E-state index contributed by atoms with van der Waals surface area (Å²) < 4.78 is 13.0. The van der Waals surface area contributed by atoms with E-state index in [4.69, 9.17) is 0 Å². The topological polar surface area (TPSA) is 85.8 Å². The van der Waals surface area contributed by atoms with Crippen molar-refractivity contribution in [3.63, 3.8) is 0 Å². The molecule has 1 fully saturated rings. The molecule has 2 aromatic rings. The van der Waals surface area contributed by atoms with E-state index in [2.05, 4.69) is 21.4 Å². The highest BCUT2D eigenvalue weighted by atomic mass is 19.1. The number of hydrogen-bond acceptors (Lipinski definition) is 5. The van der Waals surface area contributed by atoms with Gasteiger partial charge in [-0.1, -0.05) is 24.3 Å². The Morgan fingerprint density at radius 2 is 2.00 bits per heavy atom. The van der Waals surface area contributed by atoms with E-state index in [0.717, 1.165) is 11.1 Å². The van der Waals surface area contributed by atoms with Crippen LogP contribution in [0.4, 0.5) is 4.39 Å². The second-order valence-corrected chi connectivity index (χ2v) is 5.90. The summed E-state index contributed by atoms with van der Waals surface area (Å²) in [4.78, 5) is 12.2. The number of hydrazine groups is 1. The first-order valence-electron chi connectivity index (χ1n) is 7.93. The summed E-state index contributed by atoms with van der Waals surface area (Å²) in [6, 6.07) is 12.3. The molecule has 2 unspecified atom stereocenters. The minimum atomic E-state index is -0.448. The molecule has 2 atom stereocenters. The maximum Gasteiger partial charge on any atom is 0.258 e. The Hall–Kier alpha value is -2.77. The lowest BCUT2D eigenvalue weighted by Gasteiger charge is -2.09. The molecule has 130 valence electrons. The summed E-state index contributed by atoms with van der Waals surface area (Å²) in [5.74, 6) is -0.417. The van der Waals surface area contributed by atoms with Crippen LogP contribution in [0.2, 0.25) is 0 Å². The molecule has 0 aliphatic carbocycles. The van der Waals surface area contributed by atoms with Gasteiger partial charge in [-0.3, -0.25) is 4.79 Å². The molecule has 2 aromatic carbocycles. The first kappa shape index (κ1) is 17.1. The first-order chi connectivity index (χ1) is 12.0. The molecule has 25 heavy (non-hydrogen) atoms. The van der Waals surface area contributed by atoms with Gasteiger partial charge in [-0.2, -0.15) is 5.10 Å². The van der Waals surface area contributed by atoms with Crippen LogP contribution >= 0.6 is 0 Å². The third kappa shape index (κ3) is 4.20. The fraction of sp³-hybridized carbons (Fsp3) is 0.222. The van der Waals surface area contributed by atoms with E-state index in [0.29, 0.717) is 12.1 Å². The van der Waals surface area contributed by atoms with Gasteiger partial charge < -0.3 is 5.11 Å². The van der Waals surface area contributed by atoms with Gasteiger partial charge in [0.25, 0.3) is 5.91 Å². The highest BCUT2D eigenvalue weighted by Gasteiger charge is 2.30. The molecule has 0 bridgehead atoms. The molecule has 0 saturated carbocycles. The Balaban J connectivity index is 1.59. The predicted molar refractivity (Wildman–Crippen MR) is 92.3 cm³/mol. The Morgan fingerprint density at radius 1 is 1.24 bits per heavy atom. The number of phenols is 1. The largest absolute Gasteiger partial charge is 0.508 e. The number of benzene rings is 2. The molecule has 1 heterocycles. The van der Waals surface area contributed by atoms with Crippen LogP contribution < -0.4 is 16.3 Å². The molecule has 1 amide bonds. The molecule has 7 heteroatoms. The highest BCUT2D eigenvalue weighted by molar-refractivity contribution is 5.99. The minimum absolute atomic E-state index is 0.0764. The molecule has 0 radical (unpaired) electrons. The molecule has 1 aliphatic rings. The Labute approximate surface area is 144 Å². The monoisotopic (exact) mass is 342 g/mol. The van der Waals surface area contributed by atoms with Gasteiger partial charge in [-0.15, -0.1) is 0 Å². The van der Waals surface area contributed by atoms with Gasteiger partial charge in [0.2, 0.25) is 0 Å². The summed E-state index contributed by atoms with van der Waals surface area (Å²) in [6.45, 7) is 1.75. The van der Waals surface area contributed by atoms with Gasteiger partial charge >= 0.3 is 0 Å². The van der Waals surface area contributed by atoms with Gasteiger partial charge in [0.1, 0.15) is 17.6 Å². The van der Waals surface area contributed by atoms with Crippen LogP contribution in [0.25, 0.3) is 0 Å². The normalized spacial score (nSPS) is 20.5. The zero-order valence-corrected chi connectivity index (χ0v) is 13.7. The molecule has 1 aliphatic heterocycles.